The van der Waals surface area contributed by atoms with E-state index in [0.717, 1.165) is 23.5 Å². The topological polar surface area (TPSA) is 42.6 Å². The summed E-state index contributed by atoms with van der Waals surface area (Å²) in [4.78, 5) is 0. The predicted octanol–water partition coefficient (Wildman–Crippen LogP) is 3.32. The smallest absolute Gasteiger partial charge is 0.137 e. The van der Waals surface area contributed by atoms with Gasteiger partial charge in [0, 0.05) is 6.42 Å². The van der Waals surface area contributed by atoms with Gasteiger partial charge in [-0.2, -0.15) is 0 Å². The van der Waals surface area contributed by atoms with Crippen LogP contribution in [0.4, 0.5) is 0 Å². The standard InChI is InChI=1S/C15H18O3/c1-3-12-9-10-14(18-12)15(16)11-5-7-13(8-6-11)17-4-2/h5-10,15-16H,3-4H2,1-2H3. The highest BCUT2D eigenvalue weighted by Crippen LogP contribution is 2.25. The lowest BCUT2D eigenvalue weighted by Gasteiger charge is -2.09. The van der Waals surface area contributed by atoms with Crippen molar-refractivity contribution in [1.82, 2.24) is 0 Å². The summed E-state index contributed by atoms with van der Waals surface area (Å²) in [6.07, 6.45) is 0.108. The summed E-state index contributed by atoms with van der Waals surface area (Å²) in [5.74, 6) is 2.27. The second-order valence-corrected chi connectivity index (χ2v) is 4.06. The zero-order valence-corrected chi connectivity index (χ0v) is 10.7. The third-order valence-electron chi connectivity index (χ3n) is 2.81. The van der Waals surface area contributed by atoms with Crippen LogP contribution in [-0.2, 0) is 6.42 Å². The van der Waals surface area contributed by atoms with Gasteiger partial charge in [0.25, 0.3) is 0 Å². The zero-order valence-electron chi connectivity index (χ0n) is 10.7. The van der Waals surface area contributed by atoms with E-state index in [9.17, 15) is 5.11 Å². The molecule has 0 amide bonds. The SMILES string of the molecule is CCOc1ccc(C(O)c2ccc(CC)o2)cc1. The molecule has 0 bridgehead atoms. The Labute approximate surface area is 107 Å². The van der Waals surface area contributed by atoms with Crippen LogP contribution < -0.4 is 4.74 Å². The van der Waals surface area contributed by atoms with E-state index in [4.69, 9.17) is 9.15 Å². The molecule has 0 radical (unpaired) electrons. The second kappa shape index (κ2) is 5.74. The molecule has 0 saturated heterocycles. The molecule has 96 valence electrons. The summed E-state index contributed by atoms with van der Waals surface area (Å²) >= 11 is 0. The maximum atomic E-state index is 10.2. The zero-order chi connectivity index (χ0) is 13.0. The molecule has 18 heavy (non-hydrogen) atoms. The lowest BCUT2D eigenvalue weighted by atomic mass is 10.1. The van der Waals surface area contributed by atoms with Crippen LogP contribution in [0.2, 0.25) is 0 Å². The minimum Gasteiger partial charge on any atom is -0.494 e. The van der Waals surface area contributed by atoms with Gasteiger partial charge in [-0.1, -0.05) is 19.1 Å². The molecule has 0 saturated carbocycles. The number of aliphatic hydroxyl groups is 1. The van der Waals surface area contributed by atoms with Gasteiger partial charge in [-0.25, -0.2) is 0 Å². The van der Waals surface area contributed by atoms with Gasteiger partial charge in [0.05, 0.1) is 6.61 Å². The van der Waals surface area contributed by atoms with Crippen molar-refractivity contribution in [3.63, 3.8) is 0 Å². The molecule has 3 heteroatoms. The fourth-order valence-corrected chi connectivity index (χ4v) is 1.81. The summed E-state index contributed by atoms with van der Waals surface area (Å²) in [5.41, 5.74) is 0.801. The van der Waals surface area contributed by atoms with Gasteiger partial charge in [-0.15, -0.1) is 0 Å². The molecule has 1 heterocycles. The number of aliphatic hydroxyl groups excluding tert-OH is 1. The van der Waals surface area contributed by atoms with E-state index in [1.165, 1.54) is 0 Å². The fraction of sp³-hybridized carbons (Fsp3) is 0.333. The third-order valence-corrected chi connectivity index (χ3v) is 2.81. The van der Waals surface area contributed by atoms with E-state index >= 15 is 0 Å². The Hall–Kier alpha value is -1.74. The second-order valence-electron chi connectivity index (χ2n) is 4.06. The molecule has 0 aliphatic carbocycles. The van der Waals surface area contributed by atoms with E-state index in [2.05, 4.69) is 0 Å². The van der Waals surface area contributed by atoms with Gasteiger partial charge >= 0.3 is 0 Å². The summed E-state index contributed by atoms with van der Waals surface area (Å²) in [7, 11) is 0. The van der Waals surface area contributed by atoms with E-state index in [-0.39, 0.29) is 0 Å². The molecule has 1 unspecified atom stereocenters. The van der Waals surface area contributed by atoms with Crippen LogP contribution in [0.1, 0.15) is 37.0 Å². The molecule has 0 aliphatic rings. The Morgan fingerprint density at radius 2 is 1.83 bits per heavy atom. The maximum absolute atomic E-state index is 10.2. The molecule has 1 atom stereocenters. The Kier molecular flexibility index (Phi) is 4.05. The first-order valence-electron chi connectivity index (χ1n) is 6.24. The van der Waals surface area contributed by atoms with E-state index < -0.39 is 6.10 Å². The van der Waals surface area contributed by atoms with Crippen LogP contribution in [0.25, 0.3) is 0 Å². The van der Waals surface area contributed by atoms with Gasteiger partial charge in [0.15, 0.2) is 0 Å². The number of aryl methyl sites for hydroxylation is 1. The number of hydrogen-bond donors (Lipinski definition) is 1. The highest BCUT2D eigenvalue weighted by molar-refractivity contribution is 5.31. The molecule has 1 aromatic carbocycles. The number of rotatable bonds is 5. The minimum absolute atomic E-state index is 0.580. The Bertz CT molecular complexity index is 485. The molecule has 1 N–H and O–H groups in total. The van der Waals surface area contributed by atoms with Crippen LogP contribution in [0, 0.1) is 0 Å². The van der Waals surface area contributed by atoms with Crippen molar-refractivity contribution in [2.75, 3.05) is 6.61 Å². The molecule has 2 aromatic rings. The maximum Gasteiger partial charge on any atom is 0.137 e. The van der Waals surface area contributed by atoms with Gasteiger partial charge in [0.1, 0.15) is 23.4 Å². The largest absolute Gasteiger partial charge is 0.494 e. The van der Waals surface area contributed by atoms with Gasteiger partial charge < -0.3 is 14.3 Å². The molecule has 0 aliphatic heterocycles. The summed E-state index contributed by atoms with van der Waals surface area (Å²) in [6, 6.07) is 11.1. The van der Waals surface area contributed by atoms with E-state index in [1.807, 2.05) is 50.2 Å². The average molecular weight is 246 g/mol. The van der Waals surface area contributed by atoms with Crippen molar-refractivity contribution in [3.8, 4) is 5.75 Å². The molecule has 3 nitrogen and oxygen atoms in total. The first kappa shape index (κ1) is 12.7. The quantitative estimate of drug-likeness (QED) is 0.880. The molecule has 0 fully saturated rings. The van der Waals surface area contributed by atoms with Crippen molar-refractivity contribution in [3.05, 3.63) is 53.5 Å². The summed E-state index contributed by atoms with van der Waals surface area (Å²) < 4.78 is 10.9. The molecule has 0 spiro atoms. The van der Waals surface area contributed by atoms with Crippen molar-refractivity contribution >= 4 is 0 Å². The Morgan fingerprint density at radius 3 is 2.39 bits per heavy atom. The van der Waals surface area contributed by atoms with Gasteiger partial charge in [0.2, 0.25) is 0 Å². The van der Waals surface area contributed by atoms with Crippen molar-refractivity contribution in [2.24, 2.45) is 0 Å². The number of hydrogen-bond acceptors (Lipinski definition) is 3. The lowest BCUT2D eigenvalue weighted by molar-refractivity contribution is 0.187. The van der Waals surface area contributed by atoms with Crippen LogP contribution >= 0.6 is 0 Å². The molecule has 1 aromatic heterocycles. The summed E-state index contributed by atoms with van der Waals surface area (Å²) in [5, 5.41) is 10.2. The van der Waals surface area contributed by atoms with E-state index in [1.54, 1.807) is 0 Å². The monoisotopic (exact) mass is 246 g/mol. The lowest BCUT2D eigenvalue weighted by Crippen LogP contribution is -1.98. The van der Waals surface area contributed by atoms with Crippen LogP contribution in [0.5, 0.6) is 5.75 Å². The average Bonchev–Trinajstić information content (AvgIpc) is 2.88. The Balaban J connectivity index is 2.14. The normalized spacial score (nSPS) is 12.4. The minimum atomic E-state index is -0.721. The molecular formula is C15H18O3. The van der Waals surface area contributed by atoms with Gasteiger partial charge in [-0.3, -0.25) is 0 Å². The number of ether oxygens (including phenoxy) is 1. The number of furan rings is 1. The van der Waals surface area contributed by atoms with E-state index in [0.29, 0.717) is 12.4 Å². The predicted molar refractivity (Wildman–Crippen MR) is 69.8 cm³/mol. The highest BCUT2D eigenvalue weighted by atomic mass is 16.5. The number of benzene rings is 1. The fourth-order valence-electron chi connectivity index (χ4n) is 1.81. The Morgan fingerprint density at radius 1 is 1.11 bits per heavy atom. The van der Waals surface area contributed by atoms with Gasteiger partial charge in [-0.05, 0) is 36.8 Å². The molecule has 2 rings (SSSR count). The summed E-state index contributed by atoms with van der Waals surface area (Å²) in [6.45, 7) is 4.60. The van der Waals surface area contributed by atoms with Crippen LogP contribution in [0.3, 0.4) is 0 Å². The first-order valence-corrected chi connectivity index (χ1v) is 6.24. The first-order chi connectivity index (χ1) is 8.74. The van der Waals surface area contributed by atoms with Crippen molar-refractivity contribution in [1.29, 1.82) is 0 Å². The third kappa shape index (κ3) is 2.74. The van der Waals surface area contributed by atoms with Crippen LogP contribution in [-0.4, -0.2) is 11.7 Å². The molecular weight excluding hydrogens is 228 g/mol. The van der Waals surface area contributed by atoms with Crippen molar-refractivity contribution < 1.29 is 14.3 Å². The van der Waals surface area contributed by atoms with Crippen molar-refractivity contribution in [2.45, 2.75) is 26.4 Å². The highest BCUT2D eigenvalue weighted by Gasteiger charge is 2.14. The van der Waals surface area contributed by atoms with Crippen LogP contribution in [0.15, 0.2) is 40.8 Å².